The van der Waals surface area contributed by atoms with Crippen LogP contribution in [0.5, 0.6) is 5.75 Å². The largest absolute Gasteiger partial charge is 0.492 e. The fourth-order valence-electron chi connectivity index (χ4n) is 4.24. The van der Waals surface area contributed by atoms with Crippen LogP contribution in [-0.2, 0) is 22.5 Å². The summed E-state index contributed by atoms with van der Waals surface area (Å²) in [5.74, 6) is 0.847. The minimum Gasteiger partial charge on any atom is -0.492 e. The minimum absolute atomic E-state index is 0.0101. The Hall–Kier alpha value is -2.83. The van der Waals surface area contributed by atoms with E-state index < -0.39 is 0 Å². The van der Waals surface area contributed by atoms with E-state index >= 15 is 0 Å². The van der Waals surface area contributed by atoms with E-state index in [4.69, 9.17) is 9.47 Å². The first-order valence-electron chi connectivity index (χ1n) is 11.4. The van der Waals surface area contributed by atoms with Gasteiger partial charge in [0.05, 0.1) is 6.42 Å². The number of rotatable bonds is 9. The Morgan fingerprint density at radius 3 is 2.91 bits per heavy atom. The molecule has 2 N–H and O–H groups in total. The lowest BCUT2D eigenvalue weighted by atomic mass is 10.1. The highest BCUT2D eigenvalue weighted by Gasteiger charge is 2.18. The van der Waals surface area contributed by atoms with E-state index in [2.05, 4.69) is 47.4 Å². The smallest absolute Gasteiger partial charge is 0.224 e. The summed E-state index contributed by atoms with van der Waals surface area (Å²) in [6.07, 6.45) is 4.46. The van der Waals surface area contributed by atoms with Gasteiger partial charge in [-0.2, -0.15) is 0 Å². The molecule has 0 bridgehead atoms. The number of carbonyl (C=O) groups excluding carboxylic acids is 1. The molecule has 2 aromatic carbocycles. The summed E-state index contributed by atoms with van der Waals surface area (Å²) in [6, 6.07) is 14.8. The minimum atomic E-state index is 0.0101. The zero-order valence-electron chi connectivity index (χ0n) is 19.0. The number of amides is 1. The van der Waals surface area contributed by atoms with Gasteiger partial charge in [0.1, 0.15) is 12.4 Å². The zero-order valence-corrected chi connectivity index (χ0v) is 19.0. The maximum Gasteiger partial charge on any atom is 0.224 e. The van der Waals surface area contributed by atoms with Crippen molar-refractivity contribution in [3.8, 4) is 5.75 Å². The number of H-pyrrole nitrogens is 1. The zero-order chi connectivity index (χ0) is 22.3. The van der Waals surface area contributed by atoms with Crippen molar-refractivity contribution in [3.05, 3.63) is 65.4 Å². The number of ether oxygens (including phenoxy) is 2. The molecule has 170 valence electrons. The number of fused-ring (bicyclic) bond motifs is 1. The lowest BCUT2D eigenvalue weighted by molar-refractivity contribution is -0.120. The Morgan fingerprint density at radius 2 is 2.06 bits per heavy atom. The molecule has 0 unspecified atom stereocenters. The monoisotopic (exact) mass is 435 g/mol. The molecule has 3 aromatic rings. The molecule has 1 aliphatic rings. The second-order valence-electron chi connectivity index (χ2n) is 8.64. The number of aromatic nitrogens is 1. The fraction of sp³-hybridized carbons (Fsp3) is 0.423. The van der Waals surface area contributed by atoms with Crippen LogP contribution in [0.2, 0.25) is 0 Å². The molecule has 4 rings (SSSR count). The summed E-state index contributed by atoms with van der Waals surface area (Å²) >= 11 is 0. The van der Waals surface area contributed by atoms with Crippen LogP contribution in [-0.4, -0.2) is 55.2 Å². The summed E-state index contributed by atoms with van der Waals surface area (Å²) < 4.78 is 11.4. The highest BCUT2D eigenvalue weighted by Crippen LogP contribution is 2.20. The van der Waals surface area contributed by atoms with Gasteiger partial charge < -0.3 is 19.8 Å². The van der Waals surface area contributed by atoms with E-state index in [1.54, 1.807) is 0 Å². The van der Waals surface area contributed by atoms with E-state index in [1.807, 2.05) is 30.5 Å². The standard InChI is InChI=1S/C26H33N3O3/c1-19-6-7-24-21(18-27-25(24)14-19)16-26(30)28-17-20-4-3-5-23(15-20)32-13-10-29(2)22-8-11-31-12-9-22/h3-7,14-15,18,22,27H,8-13,16-17H2,1-2H3,(H,28,30). The predicted molar refractivity (Wildman–Crippen MR) is 127 cm³/mol. The first-order valence-corrected chi connectivity index (χ1v) is 11.4. The SMILES string of the molecule is Cc1ccc2c(CC(=O)NCc3cccc(OCCN(C)C4CCOCC4)c3)c[nH]c2c1. The average molecular weight is 436 g/mol. The number of nitrogens with one attached hydrogen (secondary N) is 2. The van der Waals surface area contributed by atoms with Crippen molar-refractivity contribution in [1.29, 1.82) is 0 Å². The molecular formula is C26H33N3O3. The molecule has 6 heteroatoms. The topological polar surface area (TPSA) is 66.6 Å². The van der Waals surface area contributed by atoms with Gasteiger partial charge in [-0.1, -0.05) is 24.3 Å². The highest BCUT2D eigenvalue weighted by molar-refractivity contribution is 5.89. The molecule has 0 spiro atoms. The lowest BCUT2D eigenvalue weighted by Crippen LogP contribution is -2.38. The predicted octanol–water partition coefficient (Wildman–Crippen LogP) is 3.82. The molecular weight excluding hydrogens is 402 g/mol. The van der Waals surface area contributed by atoms with Gasteiger partial charge in [0.25, 0.3) is 0 Å². The van der Waals surface area contributed by atoms with Crippen LogP contribution in [0.3, 0.4) is 0 Å². The van der Waals surface area contributed by atoms with E-state index in [0.29, 0.717) is 25.6 Å². The summed E-state index contributed by atoms with van der Waals surface area (Å²) in [5, 5.41) is 4.13. The molecule has 32 heavy (non-hydrogen) atoms. The van der Waals surface area contributed by atoms with Gasteiger partial charge in [-0.3, -0.25) is 9.69 Å². The second-order valence-corrected chi connectivity index (χ2v) is 8.64. The van der Waals surface area contributed by atoms with Gasteiger partial charge in [0.2, 0.25) is 5.91 Å². The van der Waals surface area contributed by atoms with Crippen molar-refractivity contribution >= 4 is 16.8 Å². The number of benzene rings is 2. The fourth-order valence-corrected chi connectivity index (χ4v) is 4.24. The molecule has 1 aliphatic heterocycles. The first-order chi connectivity index (χ1) is 15.6. The normalized spacial score (nSPS) is 14.7. The van der Waals surface area contributed by atoms with E-state index in [9.17, 15) is 4.79 Å². The molecule has 1 fully saturated rings. The summed E-state index contributed by atoms with van der Waals surface area (Å²) in [6.45, 7) is 5.78. The van der Waals surface area contributed by atoms with Crippen LogP contribution in [0.15, 0.2) is 48.7 Å². The van der Waals surface area contributed by atoms with Gasteiger partial charge in [-0.15, -0.1) is 0 Å². The molecule has 0 atom stereocenters. The lowest BCUT2D eigenvalue weighted by Gasteiger charge is -2.31. The second kappa shape index (κ2) is 10.7. The summed E-state index contributed by atoms with van der Waals surface area (Å²) in [5.41, 5.74) is 4.32. The number of aromatic amines is 1. The molecule has 0 aliphatic carbocycles. The van der Waals surface area contributed by atoms with Crippen LogP contribution in [0, 0.1) is 6.92 Å². The van der Waals surface area contributed by atoms with Crippen molar-refractivity contribution in [2.24, 2.45) is 0 Å². The first kappa shape index (κ1) is 22.4. The van der Waals surface area contributed by atoms with Crippen molar-refractivity contribution < 1.29 is 14.3 Å². The number of aryl methyl sites for hydroxylation is 1. The quantitative estimate of drug-likeness (QED) is 0.536. The molecule has 2 heterocycles. The Bertz CT molecular complexity index is 1040. The summed E-state index contributed by atoms with van der Waals surface area (Å²) in [4.78, 5) is 18.1. The number of nitrogens with zero attached hydrogens (tertiary/aromatic N) is 1. The third kappa shape index (κ3) is 5.90. The maximum absolute atomic E-state index is 12.5. The molecule has 0 radical (unpaired) electrons. The Labute approximate surface area is 189 Å². The van der Waals surface area contributed by atoms with Crippen molar-refractivity contribution in [3.63, 3.8) is 0 Å². The third-order valence-corrected chi connectivity index (χ3v) is 6.19. The van der Waals surface area contributed by atoms with Gasteiger partial charge in [0.15, 0.2) is 0 Å². The number of hydrogen-bond acceptors (Lipinski definition) is 4. The number of carbonyl (C=O) groups is 1. The molecule has 1 saturated heterocycles. The highest BCUT2D eigenvalue weighted by atomic mass is 16.5. The molecule has 1 amide bonds. The van der Waals surface area contributed by atoms with Gasteiger partial charge in [-0.25, -0.2) is 0 Å². The Balaban J connectivity index is 1.24. The van der Waals surface area contributed by atoms with Crippen LogP contribution < -0.4 is 10.1 Å². The van der Waals surface area contributed by atoms with E-state index in [1.165, 1.54) is 5.56 Å². The molecule has 0 saturated carbocycles. The summed E-state index contributed by atoms with van der Waals surface area (Å²) in [7, 11) is 2.15. The van der Waals surface area contributed by atoms with E-state index in [-0.39, 0.29) is 5.91 Å². The van der Waals surface area contributed by atoms with Gasteiger partial charge in [-0.05, 0) is 61.7 Å². The van der Waals surface area contributed by atoms with Crippen molar-refractivity contribution in [1.82, 2.24) is 15.2 Å². The van der Waals surface area contributed by atoms with Crippen LogP contribution in [0.1, 0.15) is 29.5 Å². The van der Waals surface area contributed by atoms with Crippen LogP contribution in [0.25, 0.3) is 10.9 Å². The van der Waals surface area contributed by atoms with Gasteiger partial charge >= 0.3 is 0 Å². The average Bonchev–Trinajstić information content (AvgIpc) is 3.20. The van der Waals surface area contributed by atoms with Crippen LogP contribution in [0.4, 0.5) is 0 Å². The van der Waals surface area contributed by atoms with Crippen molar-refractivity contribution in [2.75, 3.05) is 33.4 Å². The van der Waals surface area contributed by atoms with Crippen LogP contribution >= 0.6 is 0 Å². The molecule has 1 aromatic heterocycles. The Morgan fingerprint density at radius 1 is 1.22 bits per heavy atom. The van der Waals surface area contributed by atoms with Crippen molar-refractivity contribution in [2.45, 2.75) is 38.8 Å². The third-order valence-electron chi connectivity index (χ3n) is 6.19. The van der Waals surface area contributed by atoms with Gasteiger partial charge in [0, 0.05) is 49.4 Å². The maximum atomic E-state index is 12.5. The number of likely N-dealkylation sites (N-methyl/N-ethyl adjacent to an activating group) is 1. The molecule has 6 nitrogen and oxygen atoms in total. The Kier molecular flexibility index (Phi) is 7.45. The van der Waals surface area contributed by atoms with E-state index in [0.717, 1.165) is 60.4 Å². The number of hydrogen-bond donors (Lipinski definition) is 2.